The zero-order chi connectivity index (χ0) is 20.6. The van der Waals surface area contributed by atoms with E-state index < -0.39 is 46.5 Å². The number of ether oxygens (including phenoxy) is 1. The first-order chi connectivity index (χ1) is 12.5. The average Bonchev–Trinajstić information content (AvgIpc) is 2.56. The molecule has 0 fully saturated rings. The topological polar surface area (TPSA) is 96.5 Å². The van der Waals surface area contributed by atoms with Gasteiger partial charge in [-0.15, -0.1) is 0 Å². The summed E-state index contributed by atoms with van der Waals surface area (Å²) in [5, 5.41) is 7.11. The summed E-state index contributed by atoms with van der Waals surface area (Å²) in [6.07, 6.45) is -0.423. The second-order valence-electron chi connectivity index (χ2n) is 6.54. The van der Waals surface area contributed by atoms with Crippen LogP contribution in [0.4, 0.5) is 18.0 Å². The monoisotopic (exact) mass is 389 g/mol. The van der Waals surface area contributed by atoms with Crippen LogP contribution in [-0.2, 0) is 9.53 Å². The summed E-state index contributed by atoms with van der Waals surface area (Å²) in [6.45, 7) is 5.03. The highest BCUT2D eigenvalue weighted by Gasteiger charge is 2.18. The molecule has 0 spiro atoms. The molecule has 1 aromatic carbocycles. The fraction of sp³-hybridized carbons (Fsp3) is 0.471. The van der Waals surface area contributed by atoms with Gasteiger partial charge in [-0.1, -0.05) is 0 Å². The van der Waals surface area contributed by atoms with Crippen molar-refractivity contribution in [3.8, 4) is 0 Å². The van der Waals surface area contributed by atoms with E-state index in [1.54, 1.807) is 20.8 Å². The first-order valence-corrected chi connectivity index (χ1v) is 8.16. The Hall–Kier alpha value is -2.78. The van der Waals surface area contributed by atoms with Crippen LogP contribution >= 0.6 is 0 Å². The summed E-state index contributed by atoms with van der Waals surface area (Å²) in [4.78, 5) is 34.7. The Morgan fingerprint density at radius 3 is 2.22 bits per heavy atom. The highest BCUT2D eigenvalue weighted by Crippen LogP contribution is 2.14. The molecule has 1 rings (SSSR count). The van der Waals surface area contributed by atoms with E-state index in [1.165, 1.54) is 0 Å². The molecule has 3 amide bonds. The Morgan fingerprint density at radius 2 is 1.59 bits per heavy atom. The Morgan fingerprint density at radius 1 is 0.963 bits per heavy atom. The zero-order valence-corrected chi connectivity index (χ0v) is 15.3. The van der Waals surface area contributed by atoms with Gasteiger partial charge < -0.3 is 20.7 Å². The normalized spacial score (nSPS) is 10.9. The summed E-state index contributed by atoms with van der Waals surface area (Å²) in [7, 11) is 0. The van der Waals surface area contributed by atoms with E-state index >= 15 is 0 Å². The molecule has 0 aromatic heterocycles. The van der Waals surface area contributed by atoms with Gasteiger partial charge in [0.05, 0.1) is 12.1 Å². The number of alkyl carbamates (subject to hydrolysis) is 1. The molecule has 0 aliphatic rings. The average molecular weight is 389 g/mol. The van der Waals surface area contributed by atoms with Gasteiger partial charge in [-0.2, -0.15) is 0 Å². The second-order valence-corrected chi connectivity index (χ2v) is 6.54. The predicted octanol–water partition coefficient (Wildman–Crippen LogP) is 1.86. The molecule has 150 valence electrons. The van der Waals surface area contributed by atoms with Crippen molar-refractivity contribution in [2.24, 2.45) is 0 Å². The molecular formula is C17H22F3N3O4. The van der Waals surface area contributed by atoms with Gasteiger partial charge in [0.1, 0.15) is 5.60 Å². The predicted molar refractivity (Wildman–Crippen MR) is 90.5 cm³/mol. The minimum absolute atomic E-state index is 0.0665. The fourth-order valence-corrected chi connectivity index (χ4v) is 1.84. The lowest BCUT2D eigenvalue weighted by Gasteiger charge is -2.19. The lowest BCUT2D eigenvalue weighted by atomic mass is 10.2. The van der Waals surface area contributed by atoms with Gasteiger partial charge in [-0.05, 0) is 39.3 Å². The number of halogens is 3. The van der Waals surface area contributed by atoms with Crippen LogP contribution in [-0.4, -0.2) is 43.1 Å². The van der Waals surface area contributed by atoms with Crippen molar-refractivity contribution in [2.45, 2.75) is 32.8 Å². The van der Waals surface area contributed by atoms with Gasteiger partial charge >= 0.3 is 6.09 Å². The van der Waals surface area contributed by atoms with Crippen LogP contribution in [0, 0.1) is 17.5 Å². The van der Waals surface area contributed by atoms with Gasteiger partial charge in [0.25, 0.3) is 5.91 Å². The molecule has 0 saturated heterocycles. The highest BCUT2D eigenvalue weighted by atomic mass is 19.2. The highest BCUT2D eigenvalue weighted by molar-refractivity contribution is 5.94. The van der Waals surface area contributed by atoms with Gasteiger partial charge in [0.15, 0.2) is 17.5 Å². The number of carbonyl (C=O) groups is 3. The standard InChI is InChI=1S/C17H22F3N3O4/c1-17(2,3)27-16(26)23-9-12(24)21-7-4-8-22-15(25)10-5-6-11(18)14(20)13(10)19/h5-6H,4,7-9H2,1-3H3,(H,21,24)(H,22,25)(H,23,26). The summed E-state index contributed by atoms with van der Waals surface area (Å²) < 4.78 is 44.3. The molecule has 7 nitrogen and oxygen atoms in total. The Bertz CT molecular complexity index is 705. The molecule has 0 aliphatic carbocycles. The quantitative estimate of drug-likeness (QED) is 0.490. The van der Waals surface area contributed by atoms with Crippen LogP contribution in [0.15, 0.2) is 12.1 Å². The van der Waals surface area contributed by atoms with Gasteiger partial charge in [-0.25, -0.2) is 18.0 Å². The first kappa shape index (κ1) is 22.3. The molecule has 3 N–H and O–H groups in total. The molecule has 27 heavy (non-hydrogen) atoms. The largest absolute Gasteiger partial charge is 0.444 e. The smallest absolute Gasteiger partial charge is 0.408 e. The van der Waals surface area contributed by atoms with Crippen molar-refractivity contribution >= 4 is 17.9 Å². The van der Waals surface area contributed by atoms with Crippen LogP contribution in [0.5, 0.6) is 0 Å². The van der Waals surface area contributed by atoms with Crippen LogP contribution in [0.3, 0.4) is 0 Å². The van der Waals surface area contributed by atoms with Crippen molar-refractivity contribution in [3.63, 3.8) is 0 Å². The van der Waals surface area contributed by atoms with E-state index in [4.69, 9.17) is 4.74 Å². The first-order valence-electron chi connectivity index (χ1n) is 8.16. The van der Waals surface area contributed by atoms with Crippen molar-refractivity contribution in [3.05, 3.63) is 35.1 Å². The lowest BCUT2D eigenvalue weighted by molar-refractivity contribution is -0.120. The lowest BCUT2D eigenvalue weighted by Crippen LogP contribution is -2.40. The van der Waals surface area contributed by atoms with Crippen molar-refractivity contribution in [2.75, 3.05) is 19.6 Å². The van der Waals surface area contributed by atoms with E-state index in [9.17, 15) is 27.6 Å². The van der Waals surface area contributed by atoms with Crippen molar-refractivity contribution in [1.82, 2.24) is 16.0 Å². The van der Waals surface area contributed by atoms with Crippen LogP contribution in [0.25, 0.3) is 0 Å². The number of amides is 3. The summed E-state index contributed by atoms with van der Waals surface area (Å²) in [5.74, 6) is -6.02. The molecule has 0 saturated carbocycles. The number of hydrogen-bond acceptors (Lipinski definition) is 4. The van der Waals surface area contributed by atoms with E-state index in [1.807, 2.05) is 0 Å². The molecule has 0 aliphatic heterocycles. The Kier molecular flexibility index (Phi) is 8.07. The molecule has 10 heteroatoms. The molecule has 0 heterocycles. The van der Waals surface area contributed by atoms with Gasteiger partial charge in [-0.3, -0.25) is 9.59 Å². The zero-order valence-electron chi connectivity index (χ0n) is 15.3. The van der Waals surface area contributed by atoms with Crippen LogP contribution < -0.4 is 16.0 Å². The molecule has 1 aromatic rings. The van der Waals surface area contributed by atoms with E-state index in [2.05, 4.69) is 16.0 Å². The van der Waals surface area contributed by atoms with Crippen molar-refractivity contribution < 1.29 is 32.3 Å². The number of rotatable bonds is 7. The number of carbonyl (C=O) groups excluding carboxylic acids is 3. The Balaban J connectivity index is 2.25. The van der Waals surface area contributed by atoms with Crippen LogP contribution in [0.1, 0.15) is 37.6 Å². The number of benzene rings is 1. The minimum Gasteiger partial charge on any atom is -0.444 e. The molecular weight excluding hydrogens is 367 g/mol. The molecule has 0 atom stereocenters. The molecule has 0 unspecified atom stereocenters. The second kappa shape index (κ2) is 9.79. The maximum absolute atomic E-state index is 13.5. The number of nitrogens with one attached hydrogen (secondary N) is 3. The third kappa shape index (κ3) is 7.97. The SMILES string of the molecule is CC(C)(C)OC(=O)NCC(=O)NCCCNC(=O)c1ccc(F)c(F)c1F. The third-order valence-electron chi connectivity index (χ3n) is 3.03. The Labute approximate surface area is 154 Å². The number of hydrogen-bond donors (Lipinski definition) is 3. The third-order valence-corrected chi connectivity index (χ3v) is 3.03. The summed E-state index contributed by atoms with van der Waals surface area (Å²) in [6, 6.07) is 1.50. The molecule has 0 radical (unpaired) electrons. The van der Waals surface area contributed by atoms with Crippen LogP contribution in [0.2, 0.25) is 0 Å². The summed E-state index contributed by atoms with van der Waals surface area (Å²) in [5.41, 5.74) is -1.29. The summed E-state index contributed by atoms with van der Waals surface area (Å²) >= 11 is 0. The van der Waals surface area contributed by atoms with E-state index in [-0.39, 0.29) is 19.6 Å². The van der Waals surface area contributed by atoms with E-state index in [0.717, 1.165) is 6.07 Å². The van der Waals surface area contributed by atoms with Crippen molar-refractivity contribution in [1.29, 1.82) is 0 Å². The molecule has 0 bridgehead atoms. The maximum atomic E-state index is 13.5. The maximum Gasteiger partial charge on any atom is 0.408 e. The van der Waals surface area contributed by atoms with Gasteiger partial charge in [0.2, 0.25) is 5.91 Å². The van der Waals surface area contributed by atoms with Gasteiger partial charge in [0, 0.05) is 13.1 Å². The van der Waals surface area contributed by atoms with E-state index in [0.29, 0.717) is 12.5 Å². The minimum atomic E-state index is -1.72. The fourth-order valence-electron chi connectivity index (χ4n) is 1.84.